The lowest BCUT2D eigenvalue weighted by Crippen LogP contribution is -2.31. The highest BCUT2D eigenvalue weighted by atomic mass is 19.1. The Balaban J connectivity index is 1.75. The van der Waals surface area contributed by atoms with Gasteiger partial charge >= 0.3 is 0 Å². The Hall–Kier alpha value is -2.56. The van der Waals surface area contributed by atoms with Gasteiger partial charge in [-0.2, -0.15) is 0 Å². The Kier molecular flexibility index (Phi) is 5.77. The van der Waals surface area contributed by atoms with Crippen LogP contribution in [-0.4, -0.2) is 26.1 Å². The third kappa shape index (κ3) is 4.48. The molecule has 0 fully saturated rings. The molecule has 0 unspecified atom stereocenters. The Labute approximate surface area is 129 Å². The van der Waals surface area contributed by atoms with Crippen molar-refractivity contribution < 1.29 is 13.9 Å². The molecular formula is C17H19FN2O2. The fourth-order valence-corrected chi connectivity index (χ4v) is 2.09. The zero-order chi connectivity index (χ0) is 15.8. The molecule has 0 aromatic heterocycles. The van der Waals surface area contributed by atoms with E-state index in [1.165, 1.54) is 6.07 Å². The second-order valence-corrected chi connectivity index (χ2v) is 4.75. The van der Waals surface area contributed by atoms with Crippen LogP contribution in [0, 0.1) is 5.82 Å². The molecule has 2 rings (SSSR count). The third-order valence-electron chi connectivity index (χ3n) is 3.22. The summed E-state index contributed by atoms with van der Waals surface area (Å²) in [5.74, 6) is 0.253. The smallest absolute Gasteiger partial charge is 0.239 e. The zero-order valence-corrected chi connectivity index (χ0v) is 12.4. The minimum Gasteiger partial charge on any atom is -0.496 e. The first-order valence-corrected chi connectivity index (χ1v) is 7.07. The van der Waals surface area contributed by atoms with Gasteiger partial charge in [-0.15, -0.1) is 0 Å². The van der Waals surface area contributed by atoms with E-state index in [0.29, 0.717) is 18.7 Å². The molecule has 0 saturated carbocycles. The highest BCUT2D eigenvalue weighted by Crippen LogP contribution is 2.17. The maximum absolute atomic E-state index is 13.4. The average molecular weight is 302 g/mol. The fourth-order valence-electron chi connectivity index (χ4n) is 2.09. The molecule has 0 aliphatic heterocycles. The van der Waals surface area contributed by atoms with Gasteiger partial charge in [-0.25, -0.2) is 4.39 Å². The molecule has 0 heterocycles. The van der Waals surface area contributed by atoms with E-state index in [1.807, 2.05) is 24.3 Å². The number of halogens is 1. The van der Waals surface area contributed by atoms with E-state index in [9.17, 15) is 9.18 Å². The van der Waals surface area contributed by atoms with Crippen molar-refractivity contribution in [2.24, 2.45) is 0 Å². The predicted octanol–water partition coefficient (Wildman–Crippen LogP) is 2.61. The van der Waals surface area contributed by atoms with Gasteiger partial charge in [0, 0.05) is 6.54 Å². The van der Waals surface area contributed by atoms with Crippen LogP contribution in [0.5, 0.6) is 5.75 Å². The second kappa shape index (κ2) is 8.02. The molecule has 2 aromatic carbocycles. The van der Waals surface area contributed by atoms with E-state index < -0.39 is 0 Å². The highest BCUT2D eigenvalue weighted by Gasteiger charge is 2.05. The average Bonchev–Trinajstić information content (AvgIpc) is 2.54. The summed E-state index contributed by atoms with van der Waals surface area (Å²) in [5.41, 5.74) is 1.36. The molecule has 0 spiro atoms. The normalized spacial score (nSPS) is 10.1. The van der Waals surface area contributed by atoms with Crippen LogP contribution in [0.25, 0.3) is 0 Å². The molecule has 0 atom stereocenters. The summed E-state index contributed by atoms with van der Waals surface area (Å²) in [6, 6.07) is 13.9. The number of para-hydroxylation sites is 2. The first-order chi connectivity index (χ1) is 10.7. The number of carbonyl (C=O) groups is 1. The number of nitrogens with one attached hydrogen (secondary N) is 2. The quantitative estimate of drug-likeness (QED) is 0.826. The molecule has 5 heteroatoms. The van der Waals surface area contributed by atoms with Gasteiger partial charge in [0.2, 0.25) is 5.91 Å². The van der Waals surface area contributed by atoms with Gasteiger partial charge in [0.25, 0.3) is 0 Å². The van der Waals surface area contributed by atoms with Crippen molar-refractivity contribution in [2.75, 3.05) is 25.5 Å². The SMILES string of the molecule is COc1ccccc1CCNC(=O)CNc1ccccc1F. The molecule has 22 heavy (non-hydrogen) atoms. The Bertz CT molecular complexity index is 632. The Morgan fingerprint density at radius 1 is 1.14 bits per heavy atom. The minimum absolute atomic E-state index is 0.0346. The summed E-state index contributed by atoms with van der Waals surface area (Å²) >= 11 is 0. The van der Waals surface area contributed by atoms with Crippen molar-refractivity contribution in [3.8, 4) is 5.75 Å². The van der Waals surface area contributed by atoms with Gasteiger partial charge in [0.15, 0.2) is 0 Å². The minimum atomic E-state index is -0.371. The molecule has 4 nitrogen and oxygen atoms in total. The number of ether oxygens (including phenoxy) is 1. The third-order valence-corrected chi connectivity index (χ3v) is 3.22. The lowest BCUT2D eigenvalue weighted by atomic mass is 10.1. The number of hydrogen-bond acceptors (Lipinski definition) is 3. The van der Waals surface area contributed by atoms with Gasteiger partial charge in [0.05, 0.1) is 19.3 Å². The standard InChI is InChI=1S/C17H19FN2O2/c1-22-16-9-5-2-6-13(16)10-11-19-17(21)12-20-15-8-4-3-7-14(15)18/h2-9,20H,10-12H2,1H3,(H,19,21). The maximum atomic E-state index is 13.4. The van der Waals surface area contributed by atoms with Crippen molar-refractivity contribution in [3.05, 3.63) is 59.9 Å². The van der Waals surface area contributed by atoms with E-state index in [2.05, 4.69) is 10.6 Å². The van der Waals surface area contributed by atoms with Gasteiger partial charge in [-0.05, 0) is 30.2 Å². The van der Waals surface area contributed by atoms with Crippen LogP contribution in [-0.2, 0) is 11.2 Å². The number of amides is 1. The first-order valence-electron chi connectivity index (χ1n) is 7.07. The van der Waals surface area contributed by atoms with Gasteiger partial charge in [0.1, 0.15) is 11.6 Å². The number of methoxy groups -OCH3 is 1. The fraction of sp³-hybridized carbons (Fsp3) is 0.235. The van der Waals surface area contributed by atoms with E-state index in [-0.39, 0.29) is 18.3 Å². The van der Waals surface area contributed by atoms with Crippen molar-refractivity contribution in [2.45, 2.75) is 6.42 Å². The van der Waals surface area contributed by atoms with Crippen LogP contribution in [0.15, 0.2) is 48.5 Å². The summed E-state index contributed by atoms with van der Waals surface area (Å²) < 4.78 is 18.6. The Morgan fingerprint density at radius 3 is 2.64 bits per heavy atom. The molecule has 0 radical (unpaired) electrons. The maximum Gasteiger partial charge on any atom is 0.239 e. The first kappa shape index (κ1) is 15.8. The van der Waals surface area contributed by atoms with Gasteiger partial charge in [-0.3, -0.25) is 4.79 Å². The molecule has 0 aliphatic carbocycles. The van der Waals surface area contributed by atoms with Gasteiger partial charge in [-0.1, -0.05) is 30.3 Å². The molecule has 2 N–H and O–H groups in total. The number of benzene rings is 2. The van der Waals surface area contributed by atoms with Crippen molar-refractivity contribution in [3.63, 3.8) is 0 Å². The summed E-state index contributed by atoms with van der Waals surface area (Å²) in [6.07, 6.45) is 0.676. The van der Waals surface area contributed by atoms with Crippen LogP contribution in [0.3, 0.4) is 0 Å². The van der Waals surface area contributed by atoms with Crippen LogP contribution in [0.2, 0.25) is 0 Å². The molecular weight excluding hydrogens is 283 g/mol. The van der Waals surface area contributed by atoms with Crippen LogP contribution in [0.1, 0.15) is 5.56 Å². The van der Waals surface area contributed by atoms with Crippen LogP contribution >= 0.6 is 0 Å². The van der Waals surface area contributed by atoms with E-state index in [1.54, 1.807) is 25.3 Å². The second-order valence-electron chi connectivity index (χ2n) is 4.75. The molecule has 0 bridgehead atoms. The van der Waals surface area contributed by atoms with Crippen molar-refractivity contribution in [1.29, 1.82) is 0 Å². The number of hydrogen-bond donors (Lipinski definition) is 2. The highest BCUT2D eigenvalue weighted by molar-refractivity contribution is 5.80. The number of anilines is 1. The van der Waals surface area contributed by atoms with Crippen molar-refractivity contribution >= 4 is 11.6 Å². The van der Waals surface area contributed by atoms with E-state index in [0.717, 1.165) is 11.3 Å². The summed E-state index contributed by atoms with van der Waals surface area (Å²) in [7, 11) is 1.62. The predicted molar refractivity (Wildman–Crippen MR) is 84.6 cm³/mol. The monoisotopic (exact) mass is 302 g/mol. The number of carbonyl (C=O) groups excluding carboxylic acids is 1. The van der Waals surface area contributed by atoms with Crippen LogP contribution < -0.4 is 15.4 Å². The summed E-state index contributed by atoms with van der Waals surface area (Å²) in [4.78, 5) is 11.7. The molecule has 1 amide bonds. The van der Waals surface area contributed by atoms with E-state index >= 15 is 0 Å². The Morgan fingerprint density at radius 2 is 1.86 bits per heavy atom. The molecule has 0 saturated heterocycles. The molecule has 2 aromatic rings. The zero-order valence-electron chi connectivity index (χ0n) is 12.4. The van der Waals surface area contributed by atoms with Crippen LogP contribution in [0.4, 0.5) is 10.1 Å². The molecule has 116 valence electrons. The summed E-state index contributed by atoms with van der Waals surface area (Å²) in [5, 5.41) is 5.56. The topological polar surface area (TPSA) is 50.4 Å². The van der Waals surface area contributed by atoms with E-state index in [4.69, 9.17) is 4.74 Å². The van der Waals surface area contributed by atoms with Crippen molar-refractivity contribution in [1.82, 2.24) is 5.32 Å². The lowest BCUT2D eigenvalue weighted by molar-refractivity contribution is -0.119. The molecule has 0 aliphatic rings. The lowest BCUT2D eigenvalue weighted by Gasteiger charge is -2.10. The largest absolute Gasteiger partial charge is 0.496 e. The van der Waals surface area contributed by atoms with Gasteiger partial charge < -0.3 is 15.4 Å². The number of rotatable bonds is 7. The summed E-state index contributed by atoms with van der Waals surface area (Å²) in [6.45, 7) is 0.533.